The third-order valence-electron chi connectivity index (χ3n) is 5.83. The summed E-state index contributed by atoms with van der Waals surface area (Å²) in [6.45, 7) is 2.05. The van der Waals surface area contributed by atoms with Gasteiger partial charge in [0.25, 0.3) is 0 Å². The van der Waals surface area contributed by atoms with E-state index in [1.807, 2.05) is 43.5 Å². The van der Waals surface area contributed by atoms with Gasteiger partial charge in [0, 0.05) is 29.1 Å². The summed E-state index contributed by atoms with van der Waals surface area (Å²) in [6.07, 6.45) is 2.29. The number of nitrogens with zero attached hydrogens (tertiary/aromatic N) is 3. The summed E-state index contributed by atoms with van der Waals surface area (Å²) in [6, 6.07) is 22.7. The van der Waals surface area contributed by atoms with Gasteiger partial charge in [-0.1, -0.05) is 60.2 Å². The molecule has 3 aromatic carbocycles. The van der Waals surface area contributed by atoms with E-state index < -0.39 is 16.0 Å². The summed E-state index contributed by atoms with van der Waals surface area (Å²) in [7, 11) is -3.79. The summed E-state index contributed by atoms with van der Waals surface area (Å²) in [5, 5.41) is 21.2. The molecule has 37 heavy (non-hydrogen) atoms. The molecule has 0 saturated heterocycles. The first kappa shape index (κ1) is 24.6. The number of hydrogen-bond donors (Lipinski definition) is 2. The van der Waals surface area contributed by atoms with Crippen LogP contribution in [0.3, 0.4) is 0 Å². The van der Waals surface area contributed by atoms with Crippen molar-refractivity contribution in [2.24, 2.45) is 5.14 Å². The van der Waals surface area contributed by atoms with Gasteiger partial charge < -0.3 is 5.11 Å². The predicted octanol–water partition coefficient (Wildman–Crippen LogP) is 4.91. The Morgan fingerprint density at radius 1 is 1.00 bits per heavy atom. The average molecular weight is 531 g/mol. The normalized spacial score (nSPS) is 11.5. The molecule has 3 N–H and O–H groups in total. The Morgan fingerprint density at radius 3 is 2.32 bits per heavy atom. The van der Waals surface area contributed by atoms with E-state index in [-0.39, 0.29) is 10.6 Å². The minimum Gasteiger partial charge on any atom is -0.476 e. The fourth-order valence-electron chi connectivity index (χ4n) is 4.04. The van der Waals surface area contributed by atoms with Gasteiger partial charge in [0.05, 0.1) is 10.6 Å². The molecule has 0 aliphatic heterocycles. The second-order valence-corrected chi connectivity index (χ2v) is 11.0. The van der Waals surface area contributed by atoms with Gasteiger partial charge in [-0.15, -0.1) is 11.3 Å². The van der Waals surface area contributed by atoms with E-state index in [2.05, 4.69) is 23.2 Å². The number of thiazole rings is 1. The highest BCUT2D eigenvalue weighted by atomic mass is 32.2. The quantitative estimate of drug-likeness (QED) is 0.308. The first-order valence-corrected chi connectivity index (χ1v) is 13.7. The molecule has 10 heteroatoms. The lowest BCUT2D eigenvalue weighted by atomic mass is 9.97. The number of rotatable bonds is 7. The molecule has 0 unspecified atom stereocenters. The van der Waals surface area contributed by atoms with E-state index in [0.717, 1.165) is 39.1 Å². The number of benzene rings is 3. The molecule has 8 nitrogen and oxygen atoms in total. The smallest absolute Gasteiger partial charge is 0.355 e. The Kier molecular flexibility index (Phi) is 6.46. The number of carbonyl (C=O) groups is 1. The van der Waals surface area contributed by atoms with Crippen LogP contribution in [0.25, 0.3) is 27.5 Å². The molecule has 2 aromatic heterocycles. The van der Waals surface area contributed by atoms with Crippen LogP contribution in [0.1, 0.15) is 27.2 Å². The van der Waals surface area contributed by atoms with Crippen LogP contribution in [0.5, 0.6) is 0 Å². The zero-order chi connectivity index (χ0) is 26.2. The van der Waals surface area contributed by atoms with Crippen LogP contribution < -0.4 is 5.14 Å². The topological polar surface area (TPSA) is 128 Å². The molecular formula is C27H22N4O4S2. The average Bonchev–Trinajstić information content (AvgIpc) is 3.52. The van der Waals surface area contributed by atoms with Crippen molar-refractivity contribution in [1.29, 1.82) is 0 Å². The van der Waals surface area contributed by atoms with Crippen molar-refractivity contribution in [3.63, 3.8) is 0 Å². The standard InChI is InChI=1S/C27H22N4O4S2/c1-17-4-2-5-19(12-17)20-6-3-7-21(14-20)25-22(13-18-8-10-23(11-9-18)37(28,34)35)15-31(30-25)27-29-24(16-36-27)26(32)33/h2-12,14-16H,13H2,1H3,(H,32,33)(H2,28,34,35). The van der Waals surface area contributed by atoms with E-state index in [4.69, 9.17) is 10.2 Å². The molecule has 0 aliphatic rings. The van der Waals surface area contributed by atoms with E-state index in [9.17, 15) is 18.3 Å². The maximum Gasteiger partial charge on any atom is 0.355 e. The number of sulfonamides is 1. The van der Waals surface area contributed by atoms with Crippen molar-refractivity contribution in [2.45, 2.75) is 18.2 Å². The summed E-state index contributed by atoms with van der Waals surface area (Å²) in [5.41, 5.74) is 6.60. The van der Waals surface area contributed by atoms with Crippen LogP contribution in [-0.2, 0) is 16.4 Å². The molecule has 0 bridgehead atoms. The molecule has 5 aromatic rings. The van der Waals surface area contributed by atoms with Gasteiger partial charge in [0.15, 0.2) is 5.69 Å². The van der Waals surface area contributed by atoms with E-state index in [1.165, 1.54) is 28.8 Å². The van der Waals surface area contributed by atoms with Crippen molar-refractivity contribution in [1.82, 2.24) is 14.8 Å². The third kappa shape index (κ3) is 5.36. The van der Waals surface area contributed by atoms with Gasteiger partial charge in [0.2, 0.25) is 15.2 Å². The highest BCUT2D eigenvalue weighted by Crippen LogP contribution is 2.30. The second kappa shape index (κ2) is 9.74. The number of aromatic nitrogens is 3. The summed E-state index contributed by atoms with van der Waals surface area (Å²) in [4.78, 5) is 15.6. The molecular weight excluding hydrogens is 508 g/mol. The Morgan fingerprint density at radius 2 is 1.68 bits per heavy atom. The van der Waals surface area contributed by atoms with Gasteiger partial charge in [-0.2, -0.15) is 5.10 Å². The van der Waals surface area contributed by atoms with Gasteiger partial charge in [-0.05, 0) is 41.8 Å². The SMILES string of the molecule is Cc1cccc(-c2cccc(-c3nn(-c4nc(C(=O)O)cs4)cc3Cc3ccc(S(N)(=O)=O)cc3)c2)c1. The van der Waals surface area contributed by atoms with Crippen molar-refractivity contribution < 1.29 is 18.3 Å². The maximum absolute atomic E-state index is 11.6. The largest absolute Gasteiger partial charge is 0.476 e. The van der Waals surface area contributed by atoms with Crippen LogP contribution in [0.15, 0.2) is 89.3 Å². The molecule has 2 heterocycles. The minimum absolute atomic E-state index is 0.0429. The van der Waals surface area contributed by atoms with Crippen LogP contribution in [-0.4, -0.2) is 34.3 Å². The second-order valence-electron chi connectivity index (χ2n) is 8.58. The predicted molar refractivity (Wildman–Crippen MR) is 142 cm³/mol. The summed E-state index contributed by atoms with van der Waals surface area (Å²) >= 11 is 1.19. The highest BCUT2D eigenvalue weighted by Gasteiger charge is 2.17. The Balaban J connectivity index is 1.58. The fourth-order valence-corrected chi connectivity index (χ4v) is 5.27. The lowest BCUT2D eigenvalue weighted by Crippen LogP contribution is -2.11. The molecule has 0 amide bonds. The maximum atomic E-state index is 11.6. The van der Waals surface area contributed by atoms with E-state index in [1.54, 1.807) is 16.8 Å². The van der Waals surface area contributed by atoms with Crippen LogP contribution in [0.4, 0.5) is 0 Å². The molecule has 5 rings (SSSR count). The summed E-state index contributed by atoms with van der Waals surface area (Å²) < 4.78 is 24.9. The molecule has 0 atom stereocenters. The molecule has 0 saturated carbocycles. The van der Waals surface area contributed by atoms with E-state index >= 15 is 0 Å². The molecule has 0 radical (unpaired) electrons. The minimum atomic E-state index is -3.79. The number of aromatic carboxylic acids is 1. The van der Waals surface area contributed by atoms with Crippen molar-refractivity contribution in [3.8, 4) is 27.5 Å². The van der Waals surface area contributed by atoms with Crippen molar-refractivity contribution in [2.75, 3.05) is 0 Å². The first-order chi connectivity index (χ1) is 17.7. The monoisotopic (exact) mass is 530 g/mol. The number of hydrogen-bond acceptors (Lipinski definition) is 6. The van der Waals surface area contributed by atoms with E-state index in [0.29, 0.717) is 11.6 Å². The first-order valence-electron chi connectivity index (χ1n) is 11.2. The van der Waals surface area contributed by atoms with Gasteiger partial charge >= 0.3 is 5.97 Å². The lowest BCUT2D eigenvalue weighted by Gasteiger charge is -2.07. The summed E-state index contributed by atoms with van der Waals surface area (Å²) in [5.74, 6) is -1.10. The number of carboxylic acid groups (broad SMARTS) is 1. The third-order valence-corrected chi connectivity index (χ3v) is 7.59. The fraction of sp³-hybridized carbons (Fsp3) is 0.0741. The number of aryl methyl sites for hydroxylation is 1. The molecule has 186 valence electrons. The van der Waals surface area contributed by atoms with Crippen LogP contribution in [0.2, 0.25) is 0 Å². The van der Waals surface area contributed by atoms with Gasteiger partial charge in [-0.3, -0.25) is 0 Å². The van der Waals surface area contributed by atoms with Gasteiger partial charge in [0.1, 0.15) is 0 Å². The highest BCUT2D eigenvalue weighted by molar-refractivity contribution is 7.89. The molecule has 0 fully saturated rings. The molecule has 0 aliphatic carbocycles. The Hall–Kier alpha value is -4.12. The zero-order valence-corrected chi connectivity index (χ0v) is 21.3. The lowest BCUT2D eigenvalue weighted by molar-refractivity contribution is 0.0691. The van der Waals surface area contributed by atoms with Crippen molar-refractivity contribution in [3.05, 3.63) is 107 Å². The van der Waals surface area contributed by atoms with Crippen LogP contribution in [0, 0.1) is 6.92 Å². The van der Waals surface area contributed by atoms with Crippen molar-refractivity contribution >= 4 is 27.3 Å². The molecule has 0 spiro atoms. The van der Waals surface area contributed by atoms with Gasteiger partial charge in [-0.25, -0.2) is 28.0 Å². The number of primary sulfonamides is 1. The number of carboxylic acids is 1. The zero-order valence-electron chi connectivity index (χ0n) is 19.7. The number of nitrogens with two attached hydrogens (primary N) is 1. The Labute approximate surface area is 217 Å². The Bertz CT molecular complexity index is 1720. The van der Waals surface area contributed by atoms with Crippen LogP contribution >= 0.6 is 11.3 Å².